The van der Waals surface area contributed by atoms with E-state index < -0.39 is 0 Å². The zero-order chi connectivity index (χ0) is 21.6. The van der Waals surface area contributed by atoms with Gasteiger partial charge in [-0.25, -0.2) is 0 Å². The Morgan fingerprint density at radius 2 is 2.13 bits per heavy atom. The van der Waals surface area contributed by atoms with Gasteiger partial charge in [-0.2, -0.15) is 0 Å². The van der Waals surface area contributed by atoms with Gasteiger partial charge in [-0.3, -0.25) is 14.7 Å². The van der Waals surface area contributed by atoms with E-state index in [0.29, 0.717) is 24.9 Å². The van der Waals surface area contributed by atoms with Crippen molar-refractivity contribution in [2.24, 2.45) is 10.9 Å². The van der Waals surface area contributed by atoms with Gasteiger partial charge in [0.15, 0.2) is 5.96 Å². The van der Waals surface area contributed by atoms with Crippen LogP contribution in [0.5, 0.6) is 0 Å². The third-order valence-corrected chi connectivity index (χ3v) is 7.24. The van der Waals surface area contributed by atoms with E-state index in [1.54, 1.807) is 0 Å². The van der Waals surface area contributed by atoms with Crippen molar-refractivity contribution in [3.63, 3.8) is 0 Å². The molecule has 3 unspecified atom stereocenters. The van der Waals surface area contributed by atoms with Crippen LogP contribution in [0.25, 0.3) is 0 Å². The minimum Gasteiger partial charge on any atom is -0.357 e. The van der Waals surface area contributed by atoms with E-state index in [2.05, 4.69) is 58.4 Å². The molecule has 0 saturated carbocycles. The van der Waals surface area contributed by atoms with Gasteiger partial charge in [0, 0.05) is 48.6 Å². The van der Waals surface area contributed by atoms with Crippen LogP contribution in [-0.2, 0) is 4.79 Å². The molecule has 2 aromatic rings. The Kier molecular flexibility index (Phi) is 7.25. The number of hydrogen-bond donors (Lipinski definition) is 3. The molecule has 2 aliphatic rings. The molecule has 31 heavy (non-hydrogen) atoms. The van der Waals surface area contributed by atoms with E-state index in [9.17, 15) is 4.79 Å². The Morgan fingerprint density at radius 1 is 1.26 bits per heavy atom. The molecule has 1 fully saturated rings. The summed E-state index contributed by atoms with van der Waals surface area (Å²) < 4.78 is 0. The quantitative estimate of drug-likeness (QED) is 0.473. The fourth-order valence-electron chi connectivity index (χ4n) is 4.81. The first-order chi connectivity index (χ1) is 15.2. The first-order valence-electron chi connectivity index (χ1n) is 11.3. The van der Waals surface area contributed by atoms with E-state index in [-0.39, 0.29) is 11.8 Å². The summed E-state index contributed by atoms with van der Waals surface area (Å²) in [5.74, 6) is 1.57. The van der Waals surface area contributed by atoms with Gasteiger partial charge in [-0.15, -0.1) is 11.3 Å². The van der Waals surface area contributed by atoms with E-state index >= 15 is 0 Å². The molecule has 1 saturated heterocycles. The number of nitrogens with one attached hydrogen (secondary N) is 3. The van der Waals surface area contributed by atoms with Crippen LogP contribution in [0.2, 0.25) is 0 Å². The maximum Gasteiger partial charge on any atom is 0.225 e. The van der Waals surface area contributed by atoms with E-state index in [1.807, 2.05) is 29.5 Å². The fraction of sp³-hybridized carbons (Fsp3) is 0.500. The summed E-state index contributed by atoms with van der Waals surface area (Å²) >= 11 is 1.84. The molecule has 3 heterocycles. The number of guanidine groups is 1. The maximum atomic E-state index is 12.1. The molecule has 7 heteroatoms. The van der Waals surface area contributed by atoms with Crippen LogP contribution in [0.4, 0.5) is 5.69 Å². The fourth-order valence-corrected chi connectivity index (χ4v) is 5.80. The van der Waals surface area contributed by atoms with Crippen molar-refractivity contribution in [3.05, 3.63) is 52.2 Å². The smallest absolute Gasteiger partial charge is 0.225 e. The lowest BCUT2D eigenvalue weighted by molar-refractivity contribution is -0.116. The molecule has 6 nitrogen and oxygen atoms in total. The number of thiophene rings is 1. The lowest BCUT2D eigenvalue weighted by Gasteiger charge is -2.38. The topological polar surface area (TPSA) is 68.8 Å². The largest absolute Gasteiger partial charge is 0.357 e. The molecule has 0 aliphatic carbocycles. The number of para-hydroxylation sites is 1. The molecule has 0 bridgehead atoms. The number of amides is 1. The van der Waals surface area contributed by atoms with Gasteiger partial charge >= 0.3 is 0 Å². The van der Waals surface area contributed by atoms with Crippen LogP contribution >= 0.6 is 11.3 Å². The summed E-state index contributed by atoms with van der Waals surface area (Å²) in [5, 5.41) is 12.0. The molecular formula is C24H33N5OS. The summed E-state index contributed by atoms with van der Waals surface area (Å²) in [6, 6.07) is 12.9. The maximum absolute atomic E-state index is 12.1. The zero-order valence-electron chi connectivity index (χ0n) is 18.4. The average Bonchev–Trinajstić information content (AvgIpc) is 3.29. The minimum absolute atomic E-state index is 0.0801. The number of benzene rings is 1. The number of carbonyl (C=O) groups excluding carboxylic acids is 1. The Hall–Kier alpha value is -2.38. The molecule has 3 N–H and O–H groups in total. The van der Waals surface area contributed by atoms with E-state index in [1.165, 1.54) is 23.3 Å². The number of likely N-dealkylation sites (tertiary alicyclic amines) is 1. The molecule has 1 amide bonds. The Balaban J connectivity index is 1.43. The molecule has 166 valence electrons. The highest BCUT2D eigenvalue weighted by Gasteiger charge is 2.31. The van der Waals surface area contributed by atoms with Gasteiger partial charge < -0.3 is 16.0 Å². The number of rotatable bonds is 6. The lowest BCUT2D eigenvalue weighted by Crippen LogP contribution is -2.42. The number of fused-ring (bicyclic) bond motifs is 1. The Bertz CT molecular complexity index is 897. The van der Waals surface area contributed by atoms with Gasteiger partial charge in [0.25, 0.3) is 0 Å². The van der Waals surface area contributed by atoms with Crippen LogP contribution in [0.3, 0.4) is 0 Å². The average molecular weight is 440 g/mol. The van der Waals surface area contributed by atoms with Gasteiger partial charge in [-0.1, -0.05) is 24.3 Å². The Morgan fingerprint density at radius 3 is 2.94 bits per heavy atom. The third-order valence-electron chi connectivity index (χ3n) is 6.29. The van der Waals surface area contributed by atoms with Gasteiger partial charge in [-0.05, 0) is 62.4 Å². The van der Waals surface area contributed by atoms with Gasteiger partial charge in [0.05, 0.1) is 0 Å². The Labute approximate surface area is 189 Å². The van der Waals surface area contributed by atoms with Gasteiger partial charge in [0.1, 0.15) is 0 Å². The van der Waals surface area contributed by atoms with Crippen molar-refractivity contribution >= 4 is 28.9 Å². The highest BCUT2D eigenvalue weighted by Crippen LogP contribution is 2.37. The molecule has 2 aliphatic heterocycles. The van der Waals surface area contributed by atoms with E-state index in [0.717, 1.165) is 31.3 Å². The third kappa shape index (κ3) is 5.28. The minimum atomic E-state index is 0.0801. The van der Waals surface area contributed by atoms with E-state index in [4.69, 9.17) is 4.99 Å². The highest BCUT2D eigenvalue weighted by atomic mass is 32.1. The predicted octanol–water partition coefficient (Wildman–Crippen LogP) is 3.81. The number of carbonyl (C=O) groups is 1. The second-order valence-electron chi connectivity index (χ2n) is 8.48. The summed E-state index contributed by atoms with van der Waals surface area (Å²) in [4.78, 5) is 21.0. The summed E-state index contributed by atoms with van der Waals surface area (Å²) in [5.41, 5.74) is 2.12. The summed E-state index contributed by atoms with van der Waals surface area (Å²) in [6.07, 6.45) is 2.92. The number of piperidine rings is 1. The lowest BCUT2D eigenvalue weighted by atomic mass is 9.88. The molecule has 0 spiro atoms. The van der Waals surface area contributed by atoms with Crippen LogP contribution in [0.1, 0.15) is 48.6 Å². The highest BCUT2D eigenvalue weighted by molar-refractivity contribution is 7.10. The number of hydrogen-bond acceptors (Lipinski definition) is 4. The number of aliphatic imine (C=N–C) groups is 1. The van der Waals surface area contributed by atoms with Gasteiger partial charge in [0.2, 0.25) is 5.91 Å². The first kappa shape index (κ1) is 21.8. The van der Waals surface area contributed by atoms with Crippen LogP contribution in [-0.4, -0.2) is 50.0 Å². The normalized spacial score (nSPS) is 24.4. The van der Waals surface area contributed by atoms with Crippen molar-refractivity contribution in [1.82, 2.24) is 15.5 Å². The van der Waals surface area contributed by atoms with Crippen LogP contribution in [0, 0.1) is 5.92 Å². The number of nitrogens with zero attached hydrogens (tertiary/aromatic N) is 2. The molecule has 0 radical (unpaired) electrons. The summed E-state index contributed by atoms with van der Waals surface area (Å²) in [6.45, 7) is 5.53. The molecular weight excluding hydrogens is 406 g/mol. The zero-order valence-corrected chi connectivity index (χ0v) is 19.3. The van der Waals surface area contributed by atoms with Crippen molar-refractivity contribution in [3.8, 4) is 0 Å². The van der Waals surface area contributed by atoms with Crippen molar-refractivity contribution in [2.75, 3.05) is 38.5 Å². The monoisotopic (exact) mass is 439 g/mol. The van der Waals surface area contributed by atoms with Crippen molar-refractivity contribution in [1.29, 1.82) is 0 Å². The second-order valence-corrected chi connectivity index (χ2v) is 9.46. The van der Waals surface area contributed by atoms with Crippen LogP contribution in [0.15, 0.2) is 46.8 Å². The van der Waals surface area contributed by atoms with Crippen molar-refractivity contribution < 1.29 is 4.79 Å². The second kappa shape index (κ2) is 10.3. The predicted molar refractivity (Wildman–Crippen MR) is 129 cm³/mol. The first-order valence-corrected chi connectivity index (χ1v) is 12.2. The SMILES string of the molecule is CCNC(=NCC1CCCN(C)C1c1cccs1)NCC1CC(=O)Nc2ccccc21. The standard InChI is InChI=1S/C24H33N5OS/c1-3-25-24(27-16-18-14-22(30)28-20-10-5-4-9-19(18)20)26-15-17-8-6-12-29(2)23(17)21-11-7-13-31-21/h4-5,7,9-11,13,17-18,23H,3,6,8,12,14-16H2,1-2H3,(H,28,30)(H2,25,26,27). The molecule has 4 rings (SSSR count). The van der Waals surface area contributed by atoms with Crippen molar-refractivity contribution in [2.45, 2.75) is 38.1 Å². The van der Waals surface area contributed by atoms with Crippen LogP contribution < -0.4 is 16.0 Å². The molecule has 1 aromatic carbocycles. The summed E-state index contributed by atoms with van der Waals surface area (Å²) in [7, 11) is 2.23. The molecule has 1 aromatic heterocycles. The molecule has 3 atom stereocenters. The number of anilines is 1.